The fourth-order valence-corrected chi connectivity index (χ4v) is 2.13. The molecule has 1 aromatic heterocycles. The molecule has 0 spiro atoms. The van der Waals surface area contributed by atoms with Crippen molar-refractivity contribution in [3.8, 4) is 5.75 Å². The molecule has 0 fully saturated rings. The highest BCUT2D eigenvalue weighted by Gasteiger charge is 2.17. The van der Waals surface area contributed by atoms with Crippen molar-refractivity contribution < 1.29 is 9.84 Å². The molecule has 0 radical (unpaired) electrons. The number of aromatic nitrogens is 1. The average molecular weight is 274 g/mol. The lowest BCUT2D eigenvalue weighted by atomic mass is 9.90. The first-order valence-electron chi connectivity index (χ1n) is 6.83. The van der Waals surface area contributed by atoms with Crippen molar-refractivity contribution in [3.63, 3.8) is 0 Å². The minimum absolute atomic E-state index is 0.0253. The van der Waals surface area contributed by atoms with E-state index >= 15 is 0 Å². The molecule has 0 aliphatic heterocycles. The number of aliphatic hydroxyl groups is 1. The van der Waals surface area contributed by atoms with Crippen molar-refractivity contribution >= 4 is 16.6 Å². The maximum Gasteiger partial charge on any atom is 0.133 e. The van der Waals surface area contributed by atoms with Gasteiger partial charge >= 0.3 is 0 Å². The van der Waals surface area contributed by atoms with Crippen LogP contribution in [0.5, 0.6) is 5.75 Å². The van der Waals surface area contributed by atoms with Crippen LogP contribution in [0.4, 0.5) is 5.82 Å². The Morgan fingerprint density at radius 1 is 1.30 bits per heavy atom. The van der Waals surface area contributed by atoms with Gasteiger partial charge in [-0.2, -0.15) is 0 Å². The molecule has 4 heteroatoms. The Bertz CT molecular complexity index is 582. The largest absolute Gasteiger partial charge is 0.497 e. The van der Waals surface area contributed by atoms with E-state index in [-0.39, 0.29) is 12.0 Å². The molecule has 0 aliphatic carbocycles. The lowest BCUT2D eigenvalue weighted by molar-refractivity contribution is 0.220. The Kier molecular flexibility index (Phi) is 4.45. The molecule has 2 N–H and O–H groups in total. The highest BCUT2D eigenvalue weighted by atomic mass is 16.5. The first-order valence-corrected chi connectivity index (χ1v) is 6.83. The quantitative estimate of drug-likeness (QED) is 0.850. The van der Waals surface area contributed by atoms with E-state index in [4.69, 9.17) is 9.84 Å². The predicted molar refractivity (Wildman–Crippen MR) is 82.3 cm³/mol. The Hall–Kier alpha value is -1.81. The summed E-state index contributed by atoms with van der Waals surface area (Å²) in [6.45, 7) is 5.21. The second-order valence-electron chi connectivity index (χ2n) is 5.74. The van der Waals surface area contributed by atoms with Crippen molar-refractivity contribution in [1.29, 1.82) is 0 Å². The number of nitrogens with zero attached hydrogens (tertiary/aromatic N) is 1. The Morgan fingerprint density at radius 3 is 2.80 bits per heavy atom. The summed E-state index contributed by atoms with van der Waals surface area (Å²) in [5.74, 6) is 1.68. The smallest absolute Gasteiger partial charge is 0.133 e. The molecule has 0 amide bonds. The zero-order valence-corrected chi connectivity index (χ0v) is 12.3. The molecule has 108 valence electrons. The van der Waals surface area contributed by atoms with Crippen LogP contribution in [0.15, 0.2) is 30.5 Å². The summed E-state index contributed by atoms with van der Waals surface area (Å²) in [5.41, 5.74) is 0.0253. The van der Waals surface area contributed by atoms with Gasteiger partial charge in [0.25, 0.3) is 0 Å². The lowest BCUT2D eigenvalue weighted by Crippen LogP contribution is -2.24. The topological polar surface area (TPSA) is 54.4 Å². The Morgan fingerprint density at radius 2 is 2.10 bits per heavy atom. The SMILES string of the molecule is COc1ccc2ccnc(NCC(C)(C)CCO)c2c1. The number of hydrogen-bond acceptors (Lipinski definition) is 4. The van der Waals surface area contributed by atoms with Gasteiger partial charge < -0.3 is 15.2 Å². The number of aliphatic hydroxyl groups excluding tert-OH is 1. The van der Waals surface area contributed by atoms with Gasteiger partial charge in [0.1, 0.15) is 11.6 Å². The second kappa shape index (κ2) is 6.09. The second-order valence-corrected chi connectivity index (χ2v) is 5.74. The number of nitrogens with one attached hydrogen (secondary N) is 1. The summed E-state index contributed by atoms with van der Waals surface area (Å²) >= 11 is 0. The van der Waals surface area contributed by atoms with Gasteiger partial charge in [-0.15, -0.1) is 0 Å². The Labute approximate surface area is 119 Å². The molecule has 0 saturated heterocycles. The highest BCUT2D eigenvalue weighted by Crippen LogP contribution is 2.27. The van der Waals surface area contributed by atoms with Crippen LogP contribution in [-0.2, 0) is 0 Å². The van der Waals surface area contributed by atoms with Crippen molar-refractivity contribution in [2.75, 3.05) is 25.6 Å². The zero-order chi connectivity index (χ0) is 14.6. The maximum absolute atomic E-state index is 9.08. The number of anilines is 1. The van der Waals surface area contributed by atoms with E-state index in [2.05, 4.69) is 24.1 Å². The standard InChI is InChI=1S/C16H22N2O2/c1-16(2,7-9-19)11-18-15-14-10-13(20-3)5-4-12(14)6-8-17-15/h4-6,8,10,19H,7,9,11H2,1-3H3,(H,17,18). The van der Waals surface area contributed by atoms with Gasteiger partial charge in [-0.25, -0.2) is 4.98 Å². The third-order valence-electron chi connectivity index (χ3n) is 3.50. The highest BCUT2D eigenvalue weighted by molar-refractivity contribution is 5.92. The van der Waals surface area contributed by atoms with Crippen LogP contribution < -0.4 is 10.1 Å². The molecule has 4 nitrogen and oxygen atoms in total. The van der Waals surface area contributed by atoms with Crippen molar-refractivity contribution in [2.24, 2.45) is 5.41 Å². The summed E-state index contributed by atoms with van der Waals surface area (Å²) in [6, 6.07) is 7.95. The van der Waals surface area contributed by atoms with Crippen LogP contribution in [0.3, 0.4) is 0 Å². The van der Waals surface area contributed by atoms with Gasteiger partial charge in [-0.1, -0.05) is 19.9 Å². The normalized spacial score (nSPS) is 11.6. The van der Waals surface area contributed by atoms with Crippen LogP contribution in [0, 0.1) is 5.41 Å². The molecule has 0 unspecified atom stereocenters. The van der Waals surface area contributed by atoms with Gasteiger partial charge in [0.15, 0.2) is 0 Å². The number of rotatable bonds is 6. The minimum atomic E-state index is 0.0253. The Balaban J connectivity index is 2.25. The summed E-state index contributed by atoms with van der Waals surface area (Å²) in [7, 11) is 1.66. The fourth-order valence-electron chi connectivity index (χ4n) is 2.13. The number of benzene rings is 1. The molecule has 0 atom stereocenters. The molecule has 1 aromatic carbocycles. The molecule has 0 saturated carbocycles. The van der Waals surface area contributed by atoms with E-state index in [1.807, 2.05) is 24.3 Å². The molecule has 2 rings (SSSR count). The maximum atomic E-state index is 9.08. The third kappa shape index (κ3) is 3.39. The number of methoxy groups -OCH3 is 1. The van der Waals surface area contributed by atoms with Gasteiger partial charge in [0.05, 0.1) is 7.11 Å². The summed E-state index contributed by atoms with van der Waals surface area (Å²) < 4.78 is 5.27. The summed E-state index contributed by atoms with van der Waals surface area (Å²) in [5, 5.41) is 14.6. The molecule has 0 aliphatic rings. The third-order valence-corrected chi connectivity index (χ3v) is 3.50. The molecule has 2 aromatic rings. The van der Waals surface area contributed by atoms with E-state index in [0.29, 0.717) is 0 Å². The zero-order valence-electron chi connectivity index (χ0n) is 12.3. The first kappa shape index (κ1) is 14.6. The average Bonchev–Trinajstić information content (AvgIpc) is 2.44. The number of ether oxygens (including phenoxy) is 1. The van der Waals surface area contributed by atoms with E-state index < -0.39 is 0 Å². The van der Waals surface area contributed by atoms with Crippen LogP contribution in [0.2, 0.25) is 0 Å². The molecular formula is C16H22N2O2. The number of fused-ring (bicyclic) bond motifs is 1. The summed E-state index contributed by atoms with van der Waals surface area (Å²) in [4.78, 5) is 4.42. The molecular weight excluding hydrogens is 252 g/mol. The predicted octanol–water partition coefficient (Wildman–Crippen LogP) is 3.06. The van der Waals surface area contributed by atoms with Crippen molar-refractivity contribution in [3.05, 3.63) is 30.5 Å². The van der Waals surface area contributed by atoms with Crippen LogP contribution in [0.1, 0.15) is 20.3 Å². The van der Waals surface area contributed by atoms with E-state index in [1.165, 1.54) is 0 Å². The fraction of sp³-hybridized carbons (Fsp3) is 0.438. The van der Waals surface area contributed by atoms with Gasteiger partial charge in [0.2, 0.25) is 0 Å². The van der Waals surface area contributed by atoms with E-state index in [9.17, 15) is 0 Å². The van der Waals surface area contributed by atoms with Crippen LogP contribution in [-0.4, -0.2) is 30.4 Å². The molecule has 0 bridgehead atoms. The summed E-state index contributed by atoms with van der Waals surface area (Å²) in [6.07, 6.45) is 2.56. The van der Waals surface area contributed by atoms with Crippen LogP contribution >= 0.6 is 0 Å². The van der Waals surface area contributed by atoms with Gasteiger partial charge in [-0.05, 0) is 35.4 Å². The van der Waals surface area contributed by atoms with E-state index in [0.717, 1.165) is 35.3 Å². The van der Waals surface area contributed by atoms with E-state index in [1.54, 1.807) is 13.3 Å². The van der Waals surface area contributed by atoms with Gasteiger partial charge in [0, 0.05) is 24.7 Å². The lowest BCUT2D eigenvalue weighted by Gasteiger charge is -2.24. The number of pyridine rings is 1. The number of hydrogen-bond donors (Lipinski definition) is 2. The monoisotopic (exact) mass is 274 g/mol. The first-order chi connectivity index (χ1) is 9.55. The van der Waals surface area contributed by atoms with Crippen LogP contribution in [0.25, 0.3) is 10.8 Å². The molecule has 20 heavy (non-hydrogen) atoms. The minimum Gasteiger partial charge on any atom is -0.497 e. The molecule has 1 heterocycles. The van der Waals surface area contributed by atoms with Gasteiger partial charge in [-0.3, -0.25) is 0 Å². The van der Waals surface area contributed by atoms with Crippen molar-refractivity contribution in [1.82, 2.24) is 4.98 Å². The van der Waals surface area contributed by atoms with Crippen molar-refractivity contribution in [2.45, 2.75) is 20.3 Å².